The first-order valence-corrected chi connectivity index (χ1v) is 5.69. The molecule has 0 aromatic heterocycles. The molecule has 30 heavy (non-hydrogen) atoms. The summed E-state index contributed by atoms with van der Waals surface area (Å²) in [5.41, 5.74) is 0. The van der Waals surface area contributed by atoms with Crippen LogP contribution in [0.15, 0.2) is 0 Å². The van der Waals surface area contributed by atoms with Crippen molar-refractivity contribution in [2.75, 3.05) is 0 Å². The van der Waals surface area contributed by atoms with Gasteiger partial charge in [0.2, 0.25) is 0 Å². The normalized spacial score (nSPS) is 16.4. The van der Waals surface area contributed by atoms with Gasteiger partial charge < -0.3 is 12.4 Å². The van der Waals surface area contributed by atoms with Crippen molar-refractivity contribution < 1.29 is 106 Å². The van der Waals surface area contributed by atoms with Crippen molar-refractivity contribution in [2.24, 2.45) is 0 Å². The number of quaternary nitrogens is 1. The summed E-state index contributed by atoms with van der Waals surface area (Å²) >= 11 is 0. The molecule has 0 aliphatic carbocycles. The summed E-state index contributed by atoms with van der Waals surface area (Å²) in [6.45, 7) is 0. The van der Waals surface area contributed by atoms with Crippen molar-refractivity contribution in [3.8, 4) is 0 Å². The molecule has 0 spiro atoms. The summed E-state index contributed by atoms with van der Waals surface area (Å²) in [5.74, 6) is -52.8. The van der Waals surface area contributed by atoms with Crippen molar-refractivity contribution in [3.63, 3.8) is 0 Å². The highest BCUT2D eigenvalue weighted by Crippen LogP contribution is 2.64. The first kappa shape index (κ1) is 31.0. The third-order valence-corrected chi connectivity index (χ3v) is 3.02. The van der Waals surface area contributed by atoms with Gasteiger partial charge in [0.05, 0.1) is 13.4 Å². The Labute approximate surface area is 155 Å². The lowest BCUT2D eigenvalue weighted by molar-refractivity contribution is -1.32. The van der Waals surface area contributed by atoms with Crippen molar-refractivity contribution in [2.45, 2.75) is 47.8 Å². The molecular formula is C8ClF20N. The third-order valence-electron chi connectivity index (χ3n) is 3.02. The van der Waals surface area contributed by atoms with E-state index in [1.165, 1.54) is 0 Å². The van der Waals surface area contributed by atoms with E-state index in [0.717, 1.165) is 0 Å². The average Bonchev–Trinajstić information content (AvgIpc) is 2.43. The van der Waals surface area contributed by atoms with Crippen molar-refractivity contribution in [3.05, 3.63) is 0 Å². The van der Waals surface area contributed by atoms with Gasteiger partial charge >= 0.3 is 52.9 Å². The molecule has 1 nitrogen and oxygen atoms in total. The summed E-state index contributed by atoms with van der Waals surface area (Å²) in [6.07, 6.45) is -7.93. The molecule has 0 radical (unpaired) electrons. The van der Waals surface area contributed by atoms with Crippen LogP contribution < -0.4 is 12.4 Å². The van der Waals surface area contributed by atoms with Gasteiger partial charge in [0.25, 0.3) is 0 Å². The highest BCUT2D eigenvalue weighted by Gasteiger charge is 2.99. The fourth-order valence-electron chi connectivity index (χ4n) is 1.31. The maximum Gasteiger partial charge on any atom is 0.576 e. The van der Waals surface area contributed by atoms with Crippen LogP contribution in [-0.4, -0.2) is 52.9 Å². The molecule has 0 bridgehead atoms. The van der Waals surface area contributed by atoms with E-state index < -0.39 is 52.9 Å². The van der Waals surface area contributed by atoms with E-state index in [4.69, 9.17) is 0 Å². The Morgan fingerprint density at radius 3 is 0.733 bits per heavy atom. The molecular weight excluding hydrogens is 526 g/mol. The fourth-order valence-corrected chi connectivity index (χ4v) is 1.31. The number of hydrogen-bond acceptors (Lipinski definition) is 0. The molecule has 0 rings (SSSR count). The second-order valence-electron chi connectivity index (χ2n) is 4.93. The molecule has 0 N–H and O–H groups in total. The third kappa shape index (κ3) is 3.57. The molecule has 0 atom stereocenters. The van der Waals surface area contributed by atoms with Crippen LogP contribution in [0.3, 0.4) is 0 Å². The Morgan fingerprint density at radius 2 is 0.533 bits per heavy atom. The largest absolute Gasteiger partial charge is 1.00 e. The summed E-state index contributed by atoms with van der Waals surface area (Å²) < 4.78 is 248. The molecule has 0 aromatic carbocycles. The van der Waals surface area contributed by atoms with E-state index in [1.807, 2.05) is 0 Å². The predicted octanol–water partition coefficient (Wildman–Crippen LogP) is 3.43. The molecule has 0 fully saturated rings. The second kappa shape index (κ2) is 7.19. The number of alkyl halides is 17. The van der Waals surface area contributed by atoms with Gasteiger partial charge in [-0.15, -0.1) is 8.78 Å². The molecule has 0 saturated carbocycles. The Bertz CT molecular complexity index is 559. The SMILES string of the molecule is FC(F)(F)C(F)(F)C(F)(F)C(F)(F)C(F)(F)C(F)(F)C(F)(F)C(F)(F)[N+](F)(F)F.[Cl-]. The lowest BCUT2D eigenvalue weighted by atomic mass is 9.90. The molecule has 0 aromatic rings. The Balaban J connectivity index is 0. The van der Waals surface area contributed by atoms with E-state index in [0.29, 0.717) is 0 Å². The van der Waals surface area contributed by atoms with Gasteiger partial charge in [-0.2, -0.15) is 65.9 Å². The Kier molecular flexibility index (Phi) is 7.44. The highest BCUT2D eigenvalue weighted by molar-refractivity contribution is 5.14. The van der Waals surface area contributed by atoms with Crippen LogP contribution in [0.2, 0.25) is 0 Å². The summed E-state index contributed by atoms with van der Waals surface area (Å²) in [5, 5.41) is -7.20. The molecule has 0 aliphatic heterocycles. The minimum Gasteiger partial charge on any atom is -1.00 e. The molecule has 0 unspecified atom stereocenters. The summed E-state index contributed by atoms with van der Waals surface area (Å²) in [4.78, 5) is 0. The molecule has 22 heteroatoms. The van der Waals surface area contributed by atoms with Gasteiger partial charge in [0.1, 0.15) is 0 Å². The monoisotopic (exact) mass is 525 g/mol. The lowest BCUT2D eigenvalue weighted by Gasteiger charge is -2.41. The standard InChI is InChI=1S/C8F20N.ClH/c9-1(10,3(13,14)5(17,18)7(21,22)23)2(11,12)4(15,16)6(19,20)8(24,25)29(26,27)28;/h;1H/q+1;/p-1. The van der Waals surface area contributed by atoms with Crippen LogP contribution in [0.5, 0.6) is 0 Å². The fraction of sp³-hybridized carbons (Fsp3) is 1.00. The number of nitrogens with zero attached hydrogens (tertiary/aromatic N) is 1. The van der Waals surface area contributed by atoms with Crippen molar-refractivity contribution in [1.29, 1.82) is 0 Å². The number of rotatable bonds is 7. The molecule has 0 amide bonds. The molecule has 0 aliphatic rings. The number of hydrogen-bond donors (Lipinski definition) is 0. The topological polar surface area (TPSA) is 0 Å². The van der Waals surface area contributed by atoms with Gasteiger partial charge in [-0.1, -0.05) is 0 Å². The first-order valence-electron chi connectivity index (χ1n) is 5.69. The van der Waals surface area contributed by atoms with Crippen LogP contribution >= 0.6 is 0 Å². The van der Waals surface area contributed by atoms with E-state index in [2.05, 4.69) is 0 Å². The molecule has 0 heterocycles. The van der Waals surface area contributed by atoms with Crippen LogP contribution in [0.1, 0.15) is 0 Å². The predicted molar refractivity (Wildman–Crippen MR) is 44.3 cm³/mol. The Morgan fingerprint density at radius 1 is 0.333 bits per heavy atom. The number of halogens is 21. The van der Waals surface area contributed by atoms with Crippen LogP contribution in [0, 0.1) is 0 Å². The first-order chi connectivity index (χ1) is 12.0. The van der Waals surface area contributed by atoms with Crippen LogP contribution in [0.4, 0.5) is 88.1 Å². The zero-order chi connectivity index (χ0) is 24.5. The van der Waals surface area contributed by atoms with Gasteiger partial charge in [-0.05, 0) is 0 Å². The zero-order valence-electron chi connectivity index (χ0n) is 12.4. The van der Waals surface area contributed by atoms with Crippen LogP contribution in [0.25, 0.3) is 0 Å². The molecule has 184 valence electrons. The maximum absolute atomic E-state index is 12.9. The minimum absolute atomic E-state index is 0. The van der Waals surface area contributed by atoms with Crippen molar-refractivity contribution in [1.82, 2.24) is 0 Å². The second-order valence-corrected chi connectivity index (χ2v) is 4.93. The van der Waals surface area contributed by atoms with E-state index in [9.17, 15) is 88.1 Å². The van der Waals surface area contributed by atoms with Gasteiger partial charge in [-0.25, -0.2) is 0 Å². The summed E-state index contributed by atoms with van der Waals surface area (Å²) in [6, 6.07) is -8.43. The zero-order valence-corrected chi connectivity index (χ0v) is 13.1. The van der Waals surface area contributed by atoms with Crippen LogP contribution in [-0.2, 0) is 0 Å². The van der Waals surface area contributed by atoms with Gasteiger partial charge in [0.15, 0.2) is 0 Å². The summed E-state index contributed by atoms with van der Waals surface area (Å²) in [7, 11) is 0. The minimum atomic E-state index is -9.03. The van der Waals surface area contributed by atoms with Gasteiger partial charge in [-0.3, -0.25) is 0 Å². The van der Waals surface area contributed by atoms with Crippen molar-refractivity contribution >= 4 is 0 Å². The Hall–Kier alpha value is -1.15. The maximum atomic E-state index is 12.9. The van der Waals surface area contributed by atoms with E-state index >= 15 is 0 Å². The quantitative estimate of drug-likeness (QED) is 0.272. The average molecular weight is 526 g/mol. The van der Waals surface area contributed by atoms with E-state index in [-0.39, 0.29) is 12.4 Å². The highest BCUT2D eigenvalue weighted by atomic mass is 35.5. The lowest BCUT2D eigenvalue weighted by Crippen LogP contribution is -3.00. The van der Waals surface area contributed by atoms with Gasteiger partial charge in [0, 0.05) is 0 Å². The van der Waals surface area contributed by atoms with E-state index in [1.54, 1.807) is 0 Å². The smallest absolute Gasteiger partial charge is 0.576 e. The molecule has 0 saturated heterocycles.